The summed E-state index contributed by atoms with van der Waals surface area (Å²) in [5, 5.41) is 5.73. The Bertz CT molecular complexity index is 559. The number of hydrogen-bond donors (Lipinski definition) is 2. The second kappa shape index (κ2) is 8.04. The fourth-order valence-electron chi connectivity index (χ4n) is 1.59. The van der Waals surface area contributed by atoms with E-state index < -0.39 is 21.3 Å². The molecule has 0 aliphatic heterocycles. The average molecular weight is 320 g/mol. The number of halogens is 2. The van der Waals surface area contributed by atoms with E-state index in [2.05, 4.69) is 10.6 Å². The van der Waals surface area contributed by atoms with Crippen LogP contribution in [0.25, 0.3) is 0 Å². The molecule has 0 radical (unpaired) electrons. The van der Waals surface area contributed by atoms with Crippen molar-refractivity contribution in [1.29, 1.82) is 0 Å². The molecule has 0 unspecified atom stereocenters. The number of alkyl halides is 2. The lowest BCUT2D eigenvalue weighted by Gasteiger charge is -2.07. The molecule has 2 N–H and O–H groups in total. The van der Waals surface area contributed by atoms with Crippen molar-refractivity contribution in [2.45, 2.75) is 18.4 Å². The van der Waals surface area contributed by atoms with E-state index in [1.54, 1.807) is 0 Å². The number of rotatable bonds is 8. The van der Waals surface area contributed by atoms with Gasteiger partial charge in [-0.05, 0) is 24.2 Å². The van der Waals surface area contributed by atoms with E-state index in [4.69, 9.17) is 0 Å². The summed E-state index contributed by atoms with van der Waals surface area (Å²) in [6.45, 7) is 3.87. The molecule has 1 aromatic carbocycles. The number of likely N-dealkylation sites (N-methyl/N-ethyl adjacent to an activating group) is 1. The maximum atomic E-state index is 12.2. The Morgan fingerprint density at radius 2 is 1.81 bits per heavy atom. The number of nitrogens with one attached hydrogen (secondary N) is 2. The third kappa shape index (κ3) is 5.76. The number of carbonyl (C=O) groups is 1. The van der Waals surface area contributed by atoms with Gasteiger partial charge in [-0.15, -0.1) is 0 Å². The highest BCUT2D eigenvalue weighted by Crippen LogP contribution is 2.14. The van der Waals surface area contributed by atoms with Crippen LogP contribution >= 0.6 is 0 Å². The Labute approximate surface area is 122 Å². The lowest BCUT2D eigenvalue weighted by Crippen LogP contribution is -2.31. The number of amides is 1. The van der Waals surface area contributed by atoms with Gasteiger partial charge in [0.2, 0.25) is 9.84 Å². The molecule has 1 aromatic rings. The predicted molar refractivity (Wildman–Crippen MR) is 75.9 cm³/mol. The van der Waals surface area contributed by atoms with Crippen LogP contribution in [0.1, 0.15) is 22.8 Å². The molecule has 0 bridgehead atoms. The van der Waals surface area contributed by atoms with Crippen LogP contribution in [0.5, 0.6) is 0 Å². The van der Waals surface area contributed by atoms with Crippen LogP contribution in [0.3, 0.4) is 0 Å². The van der Waals surface area contributed by atoms with Crippen LogP contribution in [0.15, 0.2) is 24.3 Å². The summed E-state index contributed by atoms with van der Waals surface area (Å²) in [5.41, 5.74) is 0.573. The normalized spacial score (nSPS) is 11.6. The number of carbonyl (C=O) groups excluding carboxylic acids is 1. The lowest BCUT2D eigenvalue weighted by molar-refractivity contribution is 0.0954. The summed E-state index contributed by atoms with van der Waals surface area (Å²) in [4.78, 5) is 11.7. The van der Waals surface area contributed by atoms with Crippen molar-refractivity contribution < 1.29 is 22.0 Å². The summed E-state index contributed by atoms with van der Waals surface area (Å²) in [6.07, 6.45) is 0. The van der Waals surface area contributed by atoms with Gasteiger partial charge in [-0.2, -0.15) is 8.78 Å². The molecule has 118 valence electrons. The molecule has 5 nitrogen and oxygen atoms in total. The van der Waals surface area contributed by atoms with Gasteiger partial charge in [0.25, 0.3) is 5.91 Å². The van der Waals surface area contributed by atoms with Gasteiger partial charge in [0.1, 0.15) is 0 Å². The maximum Gasteiger partial charge on any atom is 0.337 e. The van der Waals surface area contributed by atoms with Gasteiger partial charge in [-0.25, -0.2) is 8.42 Å². The van der Waals surface area contributed by atoms with Crippen LogP contribution in [0.2, 0.25) is 0 Å². The van der Waals surface area contributed by atoms with Crippen molar-refractivity contribution in [2.75, 3.05) is 19.6 Å². The molecule has 1 rings (SSSR count). The van der Waals surface area contributed by atoms with E-state index in [9.17, 15) is 22.0 Å². The Balaban J connectivity index is 2.60. The summed E-state index contributed by atoms with van der Waals surface area (Å²) in [5.74, 6) is -4.44. The number of benzene rings is 1. The Morgan fingerprint density at radius 1 is 1.19 bits per heavy atom. The monoisotopic (exact) mass is 320 g/mol. The lowest BCUT2D eigenvalue weighted by atomic mass is 10.1. The maximum absolute atomic E-state index is 12.2. The summed E-state index contributed by atoms with van der Waals surface area (Å²) >= 11 is 0. The fourth-order valence-corrected chi connectivity index (χ4v) is 2.37. The average Bonchev–Trinajstić information content (AvgIpc) is 2.43. The van der Waals surface area contributed by atoms with Gasteiger partial charge in [0.15, 0.2) is 0 Å². The predicted octanol–water partition coefficient (Wildman–Crippen LogP) is 1.16. The Morgan fingerprint density at radius 3 is 2.33 bits per heavy atom. The first-order valence-electron chi connectivity index (χ1n) is 6.44. The minimum absolute atomic E-state index is 0.222. The Hall–Kier alpha value is -1.54. The van der Waals surface area contributed by atoms with Gasteiger partial charge >= 0.3 is 5.76 Å². The molecule has 0 saturated carbocycles. The molecule has 0 atom stereocenters. The second-order valence-corrected chi connectivity index (χ2v) is 6.34. The zero-order valence-electron chi connectivity index (χ0n) is 11.6. The largest absolute Gasteiger partial charge is 0.351 e. The van der Waals surface area contributed by atoms with Gasteiger partial charge in [-0.3, -0.25) is 4.79 Å². The fraction of sp³-hybridized carbons (Fsp3) is 0.462. The van der Waals surface area contributed by atoms with E-state index in [1.165, 1.54) is 24.3 Å². The minimum Gasteiger partial charge on any atom is -0.351 e. The zero-order valence-corrected chi connectivity index (χ0v) is 12.4. The first-order chi connectivity index (χ1) is 9.86. The first kappa shape index (κ1) is 17.5. The van der Waals surface area contributed by atoms with Crippen LogP contribution in [-0.2, 0) is 15.6 Å². The smallest absolute Gasteiger partial charge is 0.337 e. The SMILES string of the molecule is CCNCCNC(=O)c1ccc(CS(=O)(=O)C(F)F)cc1. The van der Waals surface area contributed by atoms with Gasteiger partial charge in [0.05, 0.1) is 5.75 Å². The molecule has 0 heterocycles. The Kier molecular flexibility index (Phi) is 6.70. The van der Waals surface area contributed by atoms with Crippen molar-refractivity contribution in [1.82, 2.24) is 10.6 Å². The van der Waals surface area contributed by atoms with Gasteiger partial charge < -0.3 is 10.6 Å². The molecule has 8 heteroatoms. The van der Waals surface area contributed by atoms with Gasteiger partial charge in [0, 0.05) is 18.7 Å². The van der Waals surface area contributed by atoms with Crippen LogP contribution in [0, 0.1) is 0 Å². The summed E-state index contributed by atoms with van der Waals surface area (Å²) < 4.78 is 46.7. The van der Waals surface area contributed by atoms with Crippen molar-refractivity contribution in [3.8, 4) is 0 Å². The quantitative estimate of drug-likeness (QED) is 0.705. The highest BCUT2D eigenvalue weighted by molar-refractivity contribution is 7.90. The molecule has 0 aromatic heterocycles. The standard InChI is InChI=1S/C13H18F2N2O3S/c1-2-16-7-8-17-12(18)11-5-3-10(4-6-11)9-21(19,20)13(14)15/h3-6,13,16H,2,7-9H2,1H3,(H,17,18). The molecule has 0 aliphatic rings. The van der Waals surface area contributed by atoms with Crippen molar-refractivity contribution in [3.63, 3.8) is 0 Å². The number of sulfone groups is 1. The molecule has 0 aliphatic carbocycles. The molecule has 0 saturated heterocycles. The highest BCUT2D eigenvalue weighted by Gasteiger charge is 2.24. The second-order valence-electron chi connectivity index (χ2n) is 4.37. The van der Waals surface area contributed by atoms with Crippen molar-refractivity contribution in [3.05, 3.63) is 35.4 Å². The zero-order chi connectivity index (χ0) is 15.9. The van der Waals surface area contributed by atoms with Crippen molar-refractivity contribution >= 4 is 15.7 Å². The summed E-state index contributed by atoms with van der Waals surface area (Å²) in [6, 6.07) is 5.55. The third-order valence-corrected chi connectivity index (χ3v) is 3.97. The third-order valence-electron chi connectivity index (χ3n) is 2.69. The molecule has 0 fully saturated rings. The van der Waals surface area contributed by atoms with E-state index in [0.29, 0.717) is 18.7 Å². The topological polar surface area (TPSA) is 75.3 Å². The van der Waals surface area contributed by atoms with Crippen LogP contribution in [-0.4, -0.2) is 39.7 Å². The molecule has 1 amide bonds. The van der Waals surface area contributed by atoms with E-state index in [-0.39, 0.29) is 11.5 Å². The molecular formula is C13H18F2N2O3S. The minimum atomic E-state index is -4.45. The highest BCUT2D eigenvalue weighted by atomic mass is 32.2. The molecular weight excluding hydrogens is 302 g/mol. The van der Waals surface area contributed by atoms with Gasteiger partial charge in [-0.1, -0.05) is 19.1 Å². The van der Waals surface area contributed by atoms with Crippen molar-refractivity contribution in [2.24, 2.45) is 0 Å². The molecule has 21 heavy (non-hydrogen) atoms. The van der Waals surface area contributed by atoms with E-state index in [1.807, 2.05) is 6.92 Å². The van der Waals surface area contributed by atoms with E-state index in [0.717, 1.165) is 6.54 Å². The number of hydrogen-bond acceptors (Lipinski definition) is 4. The summed E-state index contributed by atoms with van der Waals surface area (Å²) in [7, 11) is -4.45. The van der Waals surface area contributed by atoms with Crippen LogP contribution < -0.4 is 10.6 Å². The van der Waals surface area contributed by atoms with Crippen LogP contribution in [0.4, 0.5) is 8.78 Å². The first-order valence-corrected chi connectivity index (χ1v) is 8.16. The van der Waals surface area contributed by atoms with E-state index >= 15 is 0 Å². The molecule has 0 spiro atoms.